The van der Waals surface area contributed by atoms with Crippen LogP contribution in [0.5, 0.6) is 0 Å². The number of rotatable bonds is 0. The summed E-state index contributed by atoms with van der Waals surface area (Å²) in [5.74, 6) is 0.639. The van der Waals surface area contributed by atoms with Gasteiger partial charge >= 0.3 is 0 Å². The average molecular weight is 248 g/mol. The third kappa shape index (κ3) is 1.63. The highest BCUT2D eigenvalue weighted by Crippen LogP contribution is 2.33. The molecular formula is C17H16N2. The molecule has 1 aromatic carbocycles. The molecule has 1 aliphatic rings. The van der Waals surface area contributed by atoms with Crippen molar-refractivity contribution >= 4 is 21.8 Å². The fraction of sp³-hybridized carbons (Fsp3) is 0.294. The Balaban J connectivity index is 2.10. The van der Waals surface area contributed by atoms with Gasteiger partial charge in [0.25, 0.3) is 0 Å². The van der Waals surface area contributed by atoms with E-state index in [1.54, 1.807) is 0 Å². The van der Waals surface area contributed by atoms with E-state index in [9.17, 15) is 0 Å². The lowest BCUT2D eigenvalue weighted by Crippen LogP contribution is -2.09. The highest BCUT2D eigenvalue weighted by molar-refractivity contribution is 6.02. The van der Waals surface area contributed by atoms with Gasteiger partial charge in [-0.2, -0.15) is 0 Å². The molecule has 3 aromatic rings. The maximum Gasteiger partial charge on any atom is 0.0968 e. The SMILES string of the molecule is C[C@@H]1CCCc2nc3c(ccc4cccnc43)cc21. The number of fused-ring (bicyclic) bond motifs is 4. The zero-order valence-electron chi connectivity index (χ0n) is 11.1. The van der Waals surface area contributed by atoms with E-state index in [-0.39, 0.29) is 0 Å². The highest BCUT2D eigenvalue weighted by Gasteiger charge is 2.18. The summed E-state index contributed by atoms with van der Waals surface area (Å²) in [4.78, 5) is 9.45. The molecule has 2 heterocycles. The second kappa shape index (κ2) is 4.02. The van der Waals surface area contributed by atoms with Crippen LogP contribution in [0.2, 0.25) is 0 Å². The molecule has 1 aliphatic carbocycles. The molecule has 0 saturated carbocycles. The maximum absolute atomic E-state index is 4.93. The summed E-state index contributed by atoms with van der Waals surface area (Å²) >= 11 is 0. The Morgan fingerprint density at radius 2 is 2.00 bits per heavy atom. The van der Waals surface area contributed by atoms with Gasteiger partial charge in [-0.3, -0.25) is 9.97 Å². The van der Waals surface area contributed by atoms with Gasteiger partial charge in [0, 0.05) is 22.7 Å². The molecule has 4 rings (SSSR count). The van der Waals surface area contributed by atoms with Gasteiger partial charge in [-0.1, -0.05) is 25.1 Å². The molecule has 0 radical (unpaired) electrons. The molecule has 94 valence electrons. The quantitative estimate of drug-likeness (QED) is 0.556. The first-order chi connectivity index (χ1) is 9.33. The molecule has 0 aliphatic heterocycles. The Labute approximate surface area is 112 Å². The van der Waals surface area contributed by atoms with Crippen molar-refractivity contribution in [2.24, 2.45) is 0 Å². The lowest BCUT2D eigenvalue weighted by atomic mass is 9.86. The summed E-state index contributed by atoms with van der Waals surface area (Å²) in [6.07, 6.45) is 5.50. The summed E-state index contributed by atoms with van der Waals surface area (Å²) in [5, 5.41) is 2.39. The van der Waals surface area contributed by atoms with Crippen LogP contribution in [0.25, 0.3) is 21.8 Å². The molecule has 0 amide bonds. The van der Waals surface area contributed by atoms with Gasteiger partial charge in [0.1, 0.15) is 0 Å². The van der Waals surface area contributed by atoms with Crippen LogP contribution in [-0.2, 0) is 6.42 Å². The van der Waals surface area contributed by atoms with Crippen molar-refractivity contribution in [3.8, 4) is 0 Å². The minimum Gasteiger partial charge on any atom is -0.254 e. The van der Waals surface area contributed by atoms with Gasteiger partial charge in [0.15, 0.2) is 0 Å². The zero-order chi connectivity index (χ0) is 12.8. The van der Waals surface area contributed by atoms with Gasteiger partial charge in [-0.05, 0) is 42.9 Å². The van der Waals surface area contributed by atoms with E-state index >= 15 is 0 Å². The number of benzene rings is 1. The summed E-state index contributed by atoms with van der Waals surface area (Å²) in [5.41, 5.74) is 4.81. The highest BCUT2D eigenvalue weighted by atomic mass is 14.8. The van der Waals surface area contributed by atoms with Crippen molar-refractivity contribution in [1.29, 1.82) is 0 Å². The smallest absolute Gasteiger partial charge is 0.0968 e. The molecule has 19 heavy (non-hydrogen) atoms. The van der Waals surface area contributed by atoms with E-state index in [0.29, 0.717) is 5.92 Å². The van der Waals surface area contributed by atoms with Gasteiger partial charge in [-0.25, -0.2) is 0 Å². The predicted molar refractivity (Wildman–Crippen MR) is 78.4 cm³/mol. The number of nitrogens with zero attached hydrogens (tertiary/aromatic N) is 2. The average Bonchev–Trinajstić information content (AvgIpc) is 2.46. The molecule has 0 bridgehead atoms. The van der Waals surface area contributed by atoms with E-state index in [1.807, 2.05) is 12.3 Å². The summed E-state index contributed by atoms with van der Waals surface area (Å²) in [6, 6.07) is 10.7. The molecule has 2 heteroatoms. The van der Waals surface area contributed by atoms with Crippen LogP contribution < -0.4 is 0 Å². The summed E-state index contributed by atoms with van der Waals surface area (Å²) in [6.45, 7) is 2.31. The van der Waals surface area contributed by atoms with E-state index in [4.69, 9.17) is 4.98 Å². The van der Waals surface area contributed by atoms with Crippen molar-refractivity contribution in [2.75, 3.05) is 0 Å². The first-order valence-electron chi connectivity index (χ1n) is 7.00. The summed E-state index contributed by atoms with van der Waals surface area (Å²) in [7, 11) is 0. The van der Waals surface area contributed by atoms with E-state index in [1.165, 1.54) is 34.9 Å². The van der Waals surface area contributed by atoms with Crippen molar-refractivity contribution in [3.05, 3.63) is 47.8 Å². The Morgan fingerprint density at radius 3 is 2.95 bits per heavy atom. The molecule has 0 N–H and O–H groups in total. The Morgan fingerprint density at radius 1 is 1.11 bits per heavy atom. The minimum absolute atomic E-state index is 0.639. The van der Waals surface area contributed by atoms with Crippen LogP contribution in [0.3, 0.4) is 0 Å². The first-order valence-corrected chi connectivity index (χ1v) is 7.00. The van der Waals surface area contributed by atoms with Gasteiger partial charge < -0.3 is 0 Å². The zero-order valence-corrected chi connectivity index (χ0v) is 11.1. The molecule has 1 atom stereocenters. The van der Waals surface area contributed by atoms with Crippen LogP contribution in [0, 0.1) is 0 Å². The third-order valence-electron chi connectivity index (χ3n) is 4.25. The number of aryl methyl sites for hydroxylation is 1. The Bertz CT molecular complexity index is 777. The standard InChI is InChI=1S/C17H16N2/c1-11-4-2-6-15-14(11)10-13-8-7-12-5-3-9-18-16(12)17(13)19-15/h3,5,7-11H,2,4,6H2,1H3/t11-/m1/s1. The van der Waals surface area contributed by atoms with Gasteiger partial charge in [0.05, 0.1) is 11.0 Å². The van der Waals surface area contributed by atoms with E-state index in [0.717, 1.165) is 17.5 Å². The lowest BCUT2D eigenvalue weighted by molar-refractivity contribution is 0.581. The Hall–Kier alpha value is -1.96. The second-order valence-corrected chi connectivity index (χ2v) is 5.53. The molecule has 0 spiro atoms. The van der Waals surface area contributed by atoms with Gasteiger partial charge in [-0.15, -0.1) is 0 Å². The predicted octanol–water partition coefficient (Wildman–Crippen LogP) is 4.22. The number of hydrogen-bond donors (Lipinski definition) is 0. The minimum atomic E-state index is 0.639. The second-order valence-electron chi connectivity index (χ2n) is 5.53. The lowest BCUT2D eigenvalue weighted by Gasteiger charge is -2.22. The van der Waals surface area contributed by atoms with Crippen molar-refractivity contribution in [3.63, 3.8) is 0 Å². The van der Waals surface area contributed by atoms with Crippen molar-refractivity contribution in [1.82, 2.24) is 9.97 Å². The van der Waals surface area contributed by atoms with Crippen LogP contribution in [0.1, 0.15) is 36.9 Å². The monoisotopic (exact) mass is 248 g/mol. The van der Waals surface area contributed by atoms with Crippen LogP contribution in [0.15, 0.2) is 36.5 Å². The number of aromatic nitrogens is 2. The molecular weight excluding hydrogens is 232 g/mol. The molecule has 0 unspecified atom stereocenters. The van der Waals surface area contributed by atoms with Crippen molar-refractivity contribution < 1.29 is 0 Å². The van der Waals surface area contributed by atoms with Gasteiger partial charge in [0.2, 0.25) is 0 Å². The maximum atomic E-state index is 4.93. The molecule has 0 fully saturated rings. The fourth-order valence-corrected chi connectivity index (χ4v) is 3.19. The number of pyridine rings is 2. The van der Waals surface area contributed by atoms with E-state index < -0.39 is 0 Å². The molecule has 0 saturated heterocycles. The Kier molecular flexibility index (Phi) is 2.31. The van der Waals surface area contributed by atoms with Crippen LogP contribution in [0.4, 0.5) is 0 Å². The van der Waals surface area contributed by atoms with Crippen LogP contribution >= 0.6 is 0 Å². The van der Waals surface area contributed by atoms with E-state index in [2.05, 4.69) is 36.2 Å². The molecule has 2 nitrogen and oxygen atoms in total. The number of hydrogen-bond acceptors (Lipinski definition) is 2. The van der Waals surface area contributed by atoms with Crippen LogP contribution in [-0.4, -0.2) is 9.97 Å². The first kappa shape index (κ1) is 10.9. The topological polar surface area (TPSA) is 25.8 Å². The normalized spacial score (nSPS) is 18.7. The largest absolute Gasteiger partial charge is 0.254 e. The summed E-state index contributed by atoms with van der Waals surface area (Å²) < 4.78 is 0. The third-order valence-corrected chi connectivity index (χ3v) is 4.25. The molecule has 2 aromatic heterocycles. The van der Waals surface area contributed by atoms with Crippen molar-refractivity contribution in [2.45, 2.75) is 32.1 Å². The fourth-order valence-electron chi connectivity index (χ4n) is 3.19.